The van der Waals surface area contributed by atoms with Gasteiger partial charge in [0.1, 0.15) is 5.02 Å². The quantitative estimate of drug-likeness (QED) is 0.183. The lowest BCUT2D eigenvalue weighted by Gasteiger charge is -2.10. The van der Waals surface area contributed by atoms with Crippen molar-refractivity contribution in [3.8, 4) is 0 Å². The Hall–Kier alpha value is -1.08. The van der Waals surface area contributed by atoms with Gasteiger partial charge in [-0.05, 0) is 13.3 Å². The molecule has 0 bridgehead atoms. The molecule has 0 fully saturated rings. The van der Waals surface area contributed by atoms with Gasteiger partial charge in [0.05, 0.1) is 17.2 Å². The minimum atomic E-state index is -3.13. The van der Waals surface area contributed by atoms with Crippen LogP contribution in [0.15, 0.2) is 0 Å². The molecule has 1 N–H and O–H groups in total. The van der Waals surface area contributed by atoms with E-state index in [1.807, 2.05) is 13.8 Å². The minimum Gasteiger partial charge on any atom is -0.294 e. The standard InChI is InChI=1S/C26H47ClN4O2S/c1-4-5-6-7-8-9-10-11-12-13-14-15-16-17-18-19-20-34(32,33)21-22(2)25-28-29-26-24(27)23(3)30-31(25)26/h22,30H,4-21H2,1-3H3. The fraction of sp³-hybridized carbons (Fsp3) is 0.846. The van der Waals surface area contributed by atoms with Gasteiger partial charge in [-0.25, -0.2) is 12.9 Å². The van der Waals surface area contributed by atoms with Gasteiger partial charge in [-0.1, -0.05) is 122 Å². The lowest BCUT2D eigenvalue weighted by molar-refractivity contribution is 0.530. The van der Waals surface area contributed by atoms with Crippen molar-refractivity contribution in [1.82, 2.24) is 19.8 Å². The molecule has 6 nitrogen and oxygen atoms in total. The molecular weight excluding hydrogens is 468 g/mol. The second-order valence-electron chi connectivity index (χ2n) is 10.1. The molecule has 2 aromatic heterocycles. The zero-order valence-corrected chi connectivity index (χ0v) is 23.3. The van der Waals surface area contributed by atoms with Gasteiger partial charge in [0.2, 0.25) is 0 Å². The van der Waals surface area contributed by atoms with E-state index >= 15 is 0 Å². The van der Waals surface area contributed by atoms with Gasteiger partial charge in [0, 0.05) is 5.92 Å². The van der Waals surface area contributed by atoms with E-state index in [2.05, 4.69) is 22.2 Å². The molecular formula is C26H47ClN4O2S. The van der Waals surface area contributed by atoms with E-state index in [1.165, 1.54) is 83.5 Å². The van der Waals surface area contributed by atoms with Crippen LogP contribution in [0.3, 0.4) is 0 Å². The molecule has 8 heteroatoms. The Balaban J connectivity index is 1.48. The van der Waals surface area contributed by atoms with Crippen molar-refractivity contribution >= 4 is 27.1 Å². The molecule has 0 saturated heterocycles. The highest BCUT2D eigenvalue weighted by atomic mass is 35.5. The number of hydrogen-bond acceptors (Lipinski definition) is 4. The summed E-state index contributed by atoms with van der Waals surface area (Å²) in [6.45, 7) is 6.01. The van der Waals surface area contributed by atoms with E-state index in [1.54, 1.807) is 4.52 Å². The smallest absolute Gasteiger partial charge is 0.196 e. The zero-order chi connectivity index (χ0) is 24.8. The summed E-state index contributed by atoms with van der Waals surface area (Å²) in [4.78, 5) is 0. The number of nitrogens with one attached hydrogen (secondary N) is 1. The Morgan fingerprint density at radius 3 is 1.79 bits per heavy atom. The number of hydrogen-bond donors (Lipinski definition) is 1. The van der Waals surface area contributed by atoms with Gasteiger partial charge in [-0.15, -0.1) is 10.2 Å². The monoisotopic (exact) mass is 514 g/mol. The number of nitrogens with zero attached hydrogens (tertiary/aromatic N) is 3. The molecule has 1 unspecified atom stereocenters. The molecule has 2 heterocycles. The molecule has 0 aliphatic heterocycles. The summed E-state index contributed by atoms with van der Waals surface area (Å²) in [6.07, 6.45) is 20.6. The van der Waals surface area contributed by atoms with Crippen molar-refractivity contribution in [3.05, 3.63) is 16.5 Å². The maximum absolute atomic E-state index is 12.6. The van der Waals surface area contributed by atoms with Crippen LogP contribution in [-0.4, -0.2) is 39.7 Å². The zero-order valence-electron chi connectivity index (χ0n) is 21.7. The summed E-state index contributed by atoms with van der Waals surface area (Å²) in [6, 6.07) is 0. The minimum absolute atomic E-state index is 0.0855. The van der Waals surface area contributed by atoms with Crippen LogP contribution in [0, 0.1) is 6.92 Å². The predicted molar refractivity (Wildman–Crippen MR) is 144 cm³/mol. The highest BCUT2D eigenvalue weighted by molar-refractivity contribution is 7.91. The van der Waals surface area contributed by atoms with E-state index in [0.29, 0.717) is 16.5 Å². The normalized spacial score (nSPS) is 13.2. The second kappa shape index (κ2) is 15.8. The first-order chi connectivity index (χ1) is 16.4. The van der Waals surface area contributed by atoms with Gasteiger partial charge in [0.25, 0.3) is 0 Å². The van der Waals surface area contributed by atoms with E-state index in [4.69, 9.17) is 11.6 Å². The van der Waals surface area contributed by atoms with Crippen LogP contribution in [0.5, 0.6) is 0 Å². The van der Waals surface area contributed by atoms with Gasteiger partial charge in [-0.3, -0.25) is 5.10 Å². The summed E-state index contributed by atoms with van der Waals surface area (Å²) < 4.78 is 26.9. The van der Waals surface area contributed by atoms with Crippen molar-refractivity contribution in [2.24, 2.45) is 0 Å². The molecule has 196 valence electrons. The summed E-state index contributed by atoms with van der Waals surface area (Å²) in [5, 5.41) is 11.9. The molecule has 0 aliphatic rings. The molecule has 0 amide bonds. The number of fused-ring (bicyclic) bond motifs is 1. The Morgan fingerprint density at radius 2 is 1.29 bits per heavy atom. The van der Waals surface area contributed by atoms with E-state index in [9.17, 15) is 8.42 Å². The van der Waals surface area contributed by atoms with Crippen LogP contribution in [0.1, 0.15) is 134 Å². The second-order valence-corrected chi connectivity index (χ2v) is 12.7. The third kappa shape index (κ3) is 10.3. The van der Waals surface area contributed by atoms with Crippen LogP contribution in [0.4, 0.5) is 0 Å². The molecule has 0 aromatic carbocycles. The van der Waals surface area contributed by atoms with Crippen LogP contribution >= 0.6 is 11.6 Å². The van der Waals surface area contributed by atoms with E-state index in [0.717, 1.165) is 25.0 Å². The third-order valence-corrected chi connectivity index (χ3v) is 9.12. The van der Waals surface area contributed by atoms with Gasteiger partial charge < -0.3 is 0 Å². The molecule has 0 spiro atoms. The highest BCUT2D eigenvalue weighted by Crippen LogP contribution is 2.24. The number of rotatable bonds is 20. The fourth-order valence-corrected chi connectivity index (χ4v) is 6.55. The number of halogens is 1. The van der Waals surface area contributed by atoms with Crippen LogP contribution in [-0.2, 0) is 9.84 Å². The van der Waals surface area contributed by atoms with Crippen molar-refractivity contribution < 1.29 is 8.42 Å². The number of aromatic amines is 1. The molecule has 0 aliphatic carbocycles. The van der Waals surface area contributed by atoms with Crippen LogP contribution in [0.25, 0.3) is 5.65 Å². The Kier molecular flexibility index (Phi) is 13.6. The number of H-pyrrole nitrogens is 1. The van der Waals surface area contributed by atoms with Crippen molar-refractivity contribution in [2.75, 3.05) is 11.5 Å². The fourth-order valence-electron chi connectivity index (χ4n) is 4.66. The summed E-state index contributed by atoms with van der Waals surface area (Å²) >= 11 is 6.20. The maximum Gasteiger partial charge on any atom is 0.196 e. The molecule has 2 aromatic rings. The number of sulfone groups is 1. The average Bonchev–Trinajstić information content (AvgIpc) is 3.32. The third-order valence-electron chi connectivity index (χ3n) is 6.75. The van der Waals surface area contributed by atoms with Crippen molar-refractivity contribution in [3.63, 3.8) is 0 Å². The topological polar surface area (TPSA) is 80.1 Å². The van der Waals surface area contributed by atoms with Gasteiger partial charge >= 0.3 is 0 Å². The molecule has 0 saturated carbocycles. The highest BCUT2D eigenvalue weighted by Gasteiger charge is 2.23. The SMILES string of the molecule is CCCCCCCCCCCCCCCCCCS(=O)(=O)CC(C)c1nnc2c(Cl)c(C)[nH]n12. The largest absolute Gasteiger partial charge is 0.294 e. The predicted octanol–water partition coefficient (Wildman–Crippen LogP) is 7.80. The summed E-state index contributed by atoms with van der Waals surface area (Å²) in [7, 11) is -3.13. The first kappa shape index (κ1) is 29.2. The van der Waals surface area contributed by atoms with Gasteiger partial charge in [-0.2, -0.15) is 0 Å². The maximum atomic E-state index is 12.6. The van der Waals surface area contributed by atoms with Crippen LogP contribution in [0.2, 0.25) is 5.02 Å². The Labute approximate surface area is 212 Å². The lowest BCUT2D eigenvalue weighted by atomic mass is 10.0. The van der Waals surface area contributed by atoms with Crippen molar-refractivity contribution in [2.45, 2.75) is 129 Å². The molecule has 34 heavy (non-hydrogen) atoms. The number of unbranched alkanes of at least 4 members (excludes halogenated alkanes) is 15. The Morgan fingerprint density at radius 1 is 0.824 bits per heavy atom. The molecule has 0 radical (unpaired) electrons. The van der Waals surface area contributed by atoms with Crippen molar-refractivity contribution in [1.29, 1.82) is 0 Å². The summed E-state index contributed by atoms with van der Waals surface area (Å²) in [5.74, 6) is 0.709. The number of aryl methyl sites for hydroxylation is 1. The van der Waals surface area contributed by atoms with E-state index < -0.39 is 9.84 Å². The first-order valence-corrected chi connectivity index (χ1v) is 15.8. The van der Waals surface area contributed by atoms with Crippen LogP contribution < -0.4 is 0 Å². The van der Waals surface area contributed by atoms with E-state index in [-0.39, 0.29) is 17.4 Å². The summed E-state index contributed by atoms with van der Waals surface area (Å²) in [5.41, 5.74) is 1.35. The van der Waals surface area contributed by atoms with Gasteiger partial charge in [0.15, 0.2) is 21.3 Å². The molecule has 2 rings (SSSR count). The molecule has 1 atom stereocenters. The lowest BCUT2D eigenvalue weighted by Crippen LogP contribution is -2.18. The first-order valence-electron chi connectivity index (χ1n) is 13.6. The Bertz CT molecular complexity index is 923. The number of aromatic nitrogens is 4. The average molecular weight is 515 g/mol.